The number of allylic oxidation sites excluding steroid dienone is 4. The average Bonchev–Trinajstić information content (AvgIpc) is 3.62. The highest BCUT2D eigenvalue weighted by atomic mass is 14.9. The lowest BCUT2D eigenvalue weighted by Crippen LogP contribution is -1.96. The van der Waals surface area contributed by atoms with Crippen molar-refractivity contribution in [3.8, 4) is 67.3 Å². The summed E-state index contributed by atoms with van der Waals surface area (Å²) in [7, 11) is 0. The minimum atomic E-state index is 0.724. The molecule has 2 heteroatoms. The first-order valence-corrected chi connectivity index (χ1v) is 18.5. The van der Waals surface area contributed by atoms with Gasteiger partial charge in [0.15, 0.2) is 5.82 Å². The van der Waals surface area contributed by atoms with E-state index in [4.69, 9.17) is 9.97 Å². The third-order valence-electron chi connectivity index (χ3n) is 10.8. The number of aromatic nitrogens is 2. The maximum absolute atomic E-state index is 5.12. The molecule has 0 fully saturated rings. The fourth-order valence-electron chi connectivity index (χ4n) is 8.03. The van der Waals surface area contributed by atoms with E-state index in [9.17, 15) is 0 Å². The molecule has 2 nitrogen and oxygen atoms in total. The first kappa shape index (κ1) is 31.1. The largest absolute Gasteiger partial charge is 0.228 e. The number of hydrogen-bond acceptors (Lipinski definition) is 2. The Morgan fingerprint density at radius 3 is 1.68 bits per heavy atom. The normalized spacial score (nSPS) is 13.1. The van der Waals surface area contributed by atoms with Crippen LogP contribution in [0.1, 0.15) is 29.5 Å². The lowest BCUT2D eigenvalue weighted by Gasteiger charge is -2.14. The number of rotatable bonds is 6. The van der Waals surface area contributed by atoms with Crippen LogP contribution in [0.4, 0.5) is 0 Å². The Hall–Kier alpha value is -6.64. The standard InChI is InChI=1S/C51H36N2/c1-4-12-34(13-5-1)36-20-24-38(25-21-36)49-33-50(53-51(52-49)40-16-8-3-9-17-40)39-26-22-37(23-27-39)46-32-48-45-30-41(35-14-6-2-7-15-35)28-29-42(45)31-47(48)44-19-11-10-18-43(44)46/h2-4,6-30,32-33H,1,5,31H2. The first-order chi connectivity index (χ1) is 26.2. The Labute approximate surface area is 310 Å². The summed E-state index contributed by atoms with van der Waals surface area (Å²) in [5, 5.41) is 2.62. The maximum Gasteiger partial charge on any atom is 0.160 e. The van der Waals surface area contributed by atoms with Crippen LogP contribution in [0, 0.1) is 0 Å². The molecule has 1 heterocycles. The van der Waals surface area contributed by atoms with Gasteiger partial charge in [-0.2, -0.15) is 0 Å². The van der Waals surface area contributed by atoms with E-state index < -0.39 is 0 Å². The molecule has 2 aliphatic rings. The minimum Gasteiger partial charge on any atom is -0.228 e. The summed E-state index contributed by atoms with van der Waals surface area (Å²) in [6, 6.07) is 59.1. The molecule has 7 aromatic carbocycles. The van der Waals surface area contributed by atoms with Gasteiger partial charge in [0.25, 0.3) is 0 Å². The molecule has 0 radical (unpaired) electrons. The van der Waals surface area contributed by atoms with Crippen molar-refractivity contribution in [3.05, 3.63) is 199 Å². The molecule has 0 unspecified atom stereocenters. The second kappa shape index (κ2) is 13.2. The molecule has 53 heavy (non-hydrogen) atoms. The SMILES string of the molecule is C1=CC(c2ccc(-c3cc(-c4ccc(-c5cc6c(c7ccccc57)Cc5ccc(-c7ccccc7)cc5-6)cc4)nc(-c4ccccc4)n3)cc2)=CCC1. The average molecular weight is 677 g/mol. The van der Waals surface area contributed by atoms with Gasteiger partial charge in [0.1, 0.15) is 0 Å². The summed E-state index contributed by atoms with van der Waals surface area (Å²) in [6.07, 6.45) is 9.96. The van der Waals surface area contributed by atoms with Crippen LogP contribution < -0.4 is 0 Å². The van der Waals surface area contributed by atoms with E-state index in [1.165, 1.54) is 66.4 Å². The summed E-state index contributed by atoms with van der Waals surface area (Å²) in [5.74, 6) is 0.724. The van der Waals surface area contributed by atoms with Crippen LogP contribution >= 0.6 is 0 Å². The summed E-state index contributed by atoms with van der Waals surface area (Å²) < 4.78 is 0. The zero-order chi connectivity index (χ0) is 35.1. The Balaban J connectivity index is 1.05. The van der Waals surface area contributed by atoms with Gasteiger partial charge in [-0.05, 0) is 104 Å². The summed E-state index contributed by atoms with van der Waals surface area (Å²) >= 11 is 0. The number of hydrogen-bond donors (Lipinski definition) is 0. The fourth-order valence-corrected chi connectivity index (χ4v) is 8.03. The molecule has 0 atom stereocenters. The van der Waals surface area contributed by atoms with Gasteiger partial charge in [0.2, 0.25) is 0 Å². The summed E-state index contributed by atoms with van der Waals surface area (Å²) in [5.41, 5.74) is 17.9. The third kappa shape index (κ3) is 5.79. The van der Waals surface area contributed by atoms with Crippen LogP contribution in [0.15, 0.2) is 182 Å². The van der Waals surface area contributed by atoms with Crippen molar-refractivity contribution in [2.75, 3.05) is 0 Å². The van der Waals surface area contributed by atoms with Crippen LogP contribution in [-0.2, 0) is 6.42 Å². The molecule has 0 amide bonds. The fraction of sp³-hybridized carbons (Fsp3) is 0.0588. The highest BCUT2D eigenvalue weighted by Crippen LogP contribution is 2.46. The first-order valence-electron chi connectivity index (χ1n) is 18.5. The zero-order valence-corrected chi connectivity index (χ0v) is 29.3. The van der Waals surface area contributed by atoms with E-state index in [0.717, 1.165) is 53.2 Å². The van der Waals surface area contributed by atoms with Crippen LogP contribution in [-0.4, -0.2) is 9.97 Å². The minimum absolute atomic E-state index is 0.724. The monoisotopic (exact) mass is 676 g/mol. The van der Waals surface area contributed by atoms with E-state index in [1.54, 1.807) is 0 Å². The number of nitrogens with zero attached hydrogens (tertiary/aromatic N) is 2. The van der Waals surface area contributed by atoms with Crippen molar-refractivity contribution < 1.29 is 0 Å². The molecule has 10 rings (SSSR count). The third-order valence-corrected chi connectivity index (χ3v) is 10.8. The van der Waals surface area contributed by atoms with Gasteiger partial charge in [0, 0.05) is 16.7 Å². The van der Waals surface area contributed by atoms with E-state index in [0.29, 0.717) is 0 Å². The van der Waals surface area contributed by atoms with E-state index in [1.807, 2.05) is 18.2 Å². The molecular weight excluding hydrogens is 641 g/mol. The molecule has 0 bridgehead atoms. The van der Waals surface area contributed by atoms with E-state index in [2.05, 4.69) is 164 Å². The predicted molar refractivity (Wildman–Crippen MR) is 221 cm³/mol. The second-order valence-electron chi connectivity index (χ2n) is 14.0. The maximum atomic E-state index is 5.12. The molecule has 0 spiro atoms. The smallest absolute Gasteiger partial charge is 0.160 e. The summed E-state index contributed by atoms with van der Waals surface area (Å²) in [6.45, 7) is 0. The van der Waals surface area contributed by atoms with Crippen molar-refractivity contribution in [2.45, 2.75) is 19.3 Å². The molecule has 8 aromatic rings. The van der Waals surface area contributed by atoms with Gasteiger partial charge in [-0.1, -0.05) is 164 Å². The van der Waals surface area contributed by atoms with Crippen LogP contribution in [0.5, 0.6) is 0 Å². The molecule has 1 aromatic heterocycles. The highest BCUT2D eigenvalue weighted by Gasteiger charge is 2.23. The van der Waals surface area contributed by atoms with Crippen molar-refractivity contribution in [2.24, 2.45) is 0 Å². The molecule has 0 aliphatic heterocycles. The van der Waals surface area contributed by atoms with Crippen molar-refractivity contribution in [1.82, 2.24) is 9.97 Å². The lowest BCUT2D eigenvalue weighted by molar-refractivity contribution is 1.04. The molecule has 0 N–H and O–H groups in total. The molecule has 0 saturated carbocycles. The molecule has 0 saturated heterocycles. The zero-order valence-electron chi connectivity index (χ0n) is 29.3. The van der Waals surface area contributed by atoms with Gasteiger partial charge < -0.3 is 0 Å². The van der Waals surface area contributed by atoms with Gasteiger partial charge in [-0.25, -0.2) is 9.97 Å². The number of benzene rings is 7. The van der Waals surface area contributed by atoms with Crippen LogP contribution in [0.25, 0.3) is 83.6 Å². The Morgan fingerprint density at radius 2 is 1.00 bits per heavy atom. The Morgan fingerprint density at radius 1 is 0.396 bits per heavy atom. The van der Waals surface area contributed by atoms with Gasteiger partial charge in [0.05, 0.1) is 11.4 Å². The van der Waals surface area contributed by atoms with Gasteiger partial charge in [-0.15, -0.1) is 0 Å². The highest BCUT2D eigenvalue weighted by molar-refractivity contribution is 6.05. The van der Waals surface area contributed by atoms with Crippen molar-refractivity contribution in [1.29, 1.82) is 0 Å². The molecule has 250 valence electrons. The Kier molecular flexibility index (Phi) is 7.73. The Bertz CT molecular complexity index is 2700. The van der Waals surface area contributed by atoms with Crippen LogP contribution in [0.2, 0.25) is 0 Å². The predicted octanol–water partition coefficient (Wildman–Crippen LogP) is 13.3. The van der Waals surface area contributed by atoms with Crippen molar-refractivity contribution in [3.63, 3.8) is 0 Å². The van der Waals surface area contributed by atoms with Gasteiger partial charge in [-0.3, -0.25) is 0 Å². The topological polar surface area (TPSA) is 25.8 Å². The van der Waals surface area contributed by atoms with Crippen molar-refractivity contribution >= 4 is 16.3 Å². The van der Waals surface area contributed by atoms with E-state index >= 15 is 0 Å². The quantitative estimate of drug-likeness (QED) is 0.175. The van der Waals surface area contributed by atoms with Crippen LogP contribution in [0.3, 0.4) is 0 Å². The van der Waals surface area contributed by atoms with Gasteiger partial charge >= 0.3 is 0 Å². The number of fused-ring (bicyclic) bond motifs is 5. The molecular formula is C51H36N2. The molecule has 2 aliphatic carbocycles. The summed E-state index contributed by atoms with van der Waals surface area (Å²) in [4.78, 5) is 10.2. The van der Waals surface area contributed by atoms with E-state index in [-0.39, 0.29) is 0 Å². The second-order valence-corrected chi connectivity index (χ2v) is 14.0. The lowest BCUT2D eigenvalue weighted by atomic mass is 9.90.